The molecule has 2 rings (SSSR count). The number of ether oxygens (including phenoxy) is 1. The molecule has 0 unspecified atom stereocenters. The number of methoxy groups -OCH3 is 1. The molecule has 1 aromatic heterocycles. The molecule has 0 amide bonds. The predicted molar refractivity (Wildman–Crippen MR) is 53.7 cm³/mol. The van der Waals surface area contributed by atoms with Gasteiger partial charge in [0.1, 0.15) is 5.75 Å². The van der Waals surface area contributed by atoms with Crippen molar-refractivity contribution in [1.82, 2.24) is 4.98 Å². The summed E-state index contributed by atoms with van der Waals surface area (Å²) in [5, 5.41) is 1.73. The first-order valence-electron chi connectivity index (χ1n) is 4.22. The van der Waals surface area contributed by atoms with Crippen LogP contribution in [0.15, 0.2) is 30.6 Å². The summed E-state index contributed by atoms with van der Waals surface area (Å²) in [6.45, 7) is 0. The minimum Gasteiger partial charge on any atom is -0.496 e. The first-order chi connectivity index (χ1) is 6.86. The molecule has 1 aromatic carbocycles. The van der Waals surface area contributed by atoms with Crippen LogP contribution < -0.4 is 4.74 Å². The normalized spacial score (nSPS) is 10.1. The van der Waals surface area contributed by atoms with Crippen molar-refractivity contribution in [3.05, 3.63) is 36.2 Å². The van der Waals surface area contributed by atoms with E-state index in [4.69, 9.17) is 4.74 Å². The van der Waals surface area contributed by atoms with E-state index in [1.165, 1.54) is 0 Å². The van der Waals surface area contributed by atoms with E-state index in [-0.39, 0.29) is 0 Å². The Morgan fingerprint density at radius 3 is 2.86 bits per heavy atom. The Balaban J connectivity index is 2.84. The molecule has 0 saturated heterocycles. The molecule has 0 atom stereocenters. The van der Waals surface area contributed by atoms with E-state index in [0.717, 1.165) is 22.8 Å². The van der Waals surface area contributed by atoms with Crippen LogP contribution >= 0.6 is 0 Å². The molecule has 0 aliphatic heterocycles. The van der Waals surface area contributed by atoms with Crippen LogP contribution in [0, 0.1) is 0 Å². The molecule has 0 N–H and O–H groups in total. The van der Waals surface area contributed by atoms with Crippen molar-refractivity contribution in [2.75, 3.05) is 7.11 Å². The van der Waals surface area contributed by atoms with Crippen molar-refractivity contribution in [3.63, 3.8) is 0 Å². The molecule has 0 spiro atoms. The molecule has 70 valence electrons. The lowest BCUT2D eigenvalue weighted by atomic mass is 10.1. The molecule has 0 fully saturated rings. The van der Waals surface area contributed by atoms with Gasteiger partial charge in [-0.15, -0.1) is 0 Å². The number of aromatic nitrogens is 1. The van der Waals surface area contributed by atoms with E-state index < -0.39 is 0 Å². The fraction of sp³-hybridized carbons (Fsp3) is 0.0909. The zero-order chi connectivity index (χ0) is 9.97. The quantitative estimate of drug-likeness (QED) is 0.675. The van der Waals surface area contributed by atoms with Crippen LogP contribution in [-0.2, 0) is 0 Å². The lowest BCUT2D eigenvalue weighted by Gasteiger charge is -2.05. The minimum absolute atomic E-state index is 0.633. The van der Waals surface area contributed by atoms with Crippen LogP contribution in [0.2, 0.25) is 0 Å². The summed E-state index contributed by atoms with van der Waals surface area (Å²) < 4.78 is 5.18. The molecule has 0 saturated carbocycles. The van der Waals surface area contributed by atoms with Gasteiger partial charge in [0.05, 0.1) is 7.11 Å². The Hall–Kier alpha value is -1.90. The summed E-state index contributed by atoms with van der Waals surface area (Å²) in [5.74, 6) is 0.757. The number of pyridine rings is 1. The molecule has 3 nitrogen and oxygen atoms in total. The minimum atomic E-state index is 0.633. The topological polar surface area (TPSA) is 39.2 Å². The second-order valence-corrected chi connectivity index (χ2v) is 2.90. The third-order valence-corrected chi connectivity index (χ3v) is 2.16. The Bertz CT molecular complexity index is 480. The van der Waals surface area contributed by atoms with Gasteiger partial charge in [0, 0.05) is 28.7 Å². The van der Waals surface area contributed by atoms with Crippen LogP contribution in [0.1, 0.15) is 10.4 Å². The number of nitrogens with zero attached hydrogens (tertiary/aromatic N) is 1. The number of hydrogen-bond acceptors (Lipinski definition) is 3. The molecule has 0 aliphatic rings. The standard InChI is InChI=1S/C11H9NO2/c1-14-11-3-2-8(7-13)10-6-12-5-4-9(10)11/h2-7H,1H3. The van der Waals surface area contributed by atoms with Crippen LogP contribution in [0.5, 0.6) is 5.75 Å². The molecular formula is C11H9NO2. The van der Waals surface area contributed by atoms with Crippen LogP contribution in [0.4, 0.5) is 0 Å². The number of benzene rings is 1. The van der Waals surface area contributed by atoms with Gasteiger partial charge in [-0.05, 0) is 18.2 Å². The van der Waals surface area contributed by atoms with Crippen molar-refractivity contribution >= 4 is 17.1 Å². The average Bonchev–Trinajstić information content (AvgIpc) is 2.27. The highest BCUT2D eigenvalue weighted by atomic mass is 16.5. The highest BCUT2D eigenvalue weighted by Crippen LogP contribution is 2.26. The summed E-state index contributed by atoms with van der Waals surface area (Å²) >= 11 is 0. The number of hydrogen-bond donors (Lipinski definition) is 0. The van der Waals surface area contributed by atoms with Crippen LogP contribution in [0.3, 0.4) is 0 Å². The zero-order valence-electron chi connectivity index (χ0n) is 7.73. The Labute approximate surface area is 81.3 Å². The number of carbonyl (C=O) groups is 1. The van der Waals surface area contributed by atoms with Gasteiger partial charge in [0.2, 0.25) is 0 Å². The highest BCUT2D eigenvalue weighted by Gasteiger charge is 2.04. The van der Waals surface area contributed by atoms with Crippen molar-refractivity contribution in [2.24, 2.45) is 0 Å². The van der Waals surface area contributed by atoms with Crippen LogP contribution in [0.25, 0.3) is 10.8 Å². The first-order valence-corrected chi connectivity index (χ1v) is 4.22. The molecule has 0 radical (unpaired) electrons. The van der Waals surface area contributed by atoms with E-state index in [1.54, 1.807) is 31.6 Å². The number of fused-ring (bicyclic) bond motifs is 1. The molecule has 2 aromatic rings. The van der Waals surface area contributed by atoms with E-state index in [1.807, 2.05) is 6.07 Å². The van der Waals surface area contributed by atoms with Crippen molar-refractivity contribution in [3.8, 4) is 5.75 Å². The predicted octanol–water partition coefficient (Wildman–Crippen LogP) is 2.06. The maximum Gasteiger partial charge on any atom is 0.150 e. The molecule has 3 heteroatoms. The van der Waals surface area contributed by atoms with E-state index >= 15 is 0 Å². The van der Waals surface area contributed by atoms with Gasteiger partial charge < -0.3 is 4.74 Å². The van der Waals surface area contributed by atoms with Gasteiger partial charge in [-0.25, -0.2) is 0 Å². The van der Waals surface area contributed by atoms with E-state index in [9.17, 15) is 4.79 Å². The fourth-order valence-corrected chi connectivity index (χ4v) is 1.47. The Morgan fingerprint density at radius 2 is 2.14 bits per heavy atom. The highest BCUT2D eigenvalue weighted by molar-refractivity contribution is 6.00. The molecule has 1 heterocycles. The van der Waals surface area contributed by atoms with Crippen molar-refractivity contribution in [1.29, 1.82) is 0 Å². The SMILES string of the molecule is COc1ccc(C=O)c2cnccc12. The second kappa shape index (κ2) is 3.46. The lowest BCUT2D eigenvalue weighted by molar-refractivity contribution is 0.112. The van der Waals surface area contributed by atoms with Gasteiger partial charge in [-0.1, -0.05) is 0 Å². The summed E-state index contributed by atoms with van der Waals surface area (Å²) in [7, 11) is 1.61. The first kappa shape index (κ1) is 8.69. The maximum absolute atomic E-state index is 10.8. The summed E-state index contributed by atoms with van der Waals surface area (Å²) in [6.07, 6.45) is 4.17. The molecule has 0 bridgehead atoms. The average molecular weight is 187 g/mol. The van der Waals surface area contributed by atoms with Gasteiger partial charge in [-0.3, -0.25) is 9.78 Å². The number of aldehydes is 1. The smallest absolute Gasteiger partial charge is 0.150 e. The fourth-order valence-electron chi connectivity index (χ4n) is 1.47. The third kappa shape index (κ3) is 1.23. The number of rotatable bonds is 2. The van der Waals surface area contributed by atoms with Gasteiger partial charge >= 0.3 is 0 Å². The lowest BCUT2D eigenvalue weighted by Crippen LogP contribution is -1.89. The molecular weight excluding hydrogens is 178 g/mol. The Morgan fingerprint density at radius 1 is 1.29 bits per heavy atom. The van der Waals surface area contributed by atoms with Gasteiger partial charge in [0.15, 0.2) is 6.29 Å². The third-order valence-electron chi connectivity index (χ3n) is 2.16. The van der Waals surface area contributed by atoms with E-state index in [0.29, 0.717) is 5.56 Å². The second-order valence-electron chi connectivity index (χ2n) is 2.90. The summed E-state index contributed by atoms with van der Waals surface area (Å²) in [6, 6.07) is 5.35. The summed E-state index contributed by atoms with van der Waals surface area (Å²) in [5.41, 5.74) is 0.633. The van der Waals surface area contributed by atoms with Gasteiger partial charge in [0.25, 0.3) is 0 Å². The van der Waals surface area contributed by atoms with Crippen molar-refractivity contribution < 1.29 is 9.53 Å². The molecule has 14 heavy (non-hydrogen) atoms. The van der Waals surface area contributed by atoms with Crippen LogP contribution in [-0.4, -0.2) is 18.4 Å². The van der Waals surface area contributed by atoms with Gasteiger partial charge in [-0.2, -0.15) is 0 Å². The largest absolute Gasteiger partial charge is 0.496 e. The zero-order valence-corrected chi connectivity index (χ0v) is 7.73. The summed E-state index contributed by atoms with van der Waals surface area (Å²) in [4.78, 5) is 14.7. The maximum atomic E-state index is 10.8. The Kier molecular flexibility index (Phi) is 2.14. The van der Waals surface area contributed by atoms with E-state index in [2.05, 4.69) is 4.98 Å². The van der Waals surface area contributed by atoms with Crippen molar-refractivity contribution in [2.45, 2.75) is 0 Å². The number of carbonyl (C=O) groups excluding carboxylic acids is 1. The molecule has 0 aliphatic carbocycles. The monoisotopic (exact) mass is 187 g/mol.